The summed E-state index contributed by atoms with van der Waals surface area (Å²) in [5.41, 5.74) is 2.73. The normalized spacial score (nSPS) is 27.7. The number of para-hydroxylation sites is 1. The Hall–Kier alpha value is -2.57. The summed E-state index contributed by atoms with van der Waals surface area (Å²) in [5, 5.41) is 9.01. The van der Waals surface area contributed by atoms with Crippen molar-refractivity contribution in [2.45, 2.75) is 64.3 Å². The van der Waals surface area contributed by atoms with E-state index in [0.29, 0.717) is 0 Å². The molecule has 0 aromatic heterocycles. The lowest BCUT2D eigenvalue weighted by atomic mass is 9.53. The smallest absolute Gasteiger partial charge is 0.315 e. The summed E-state index contributed by atoms with van der Waals surface area (Å²) in [6.07, 6.45) is 7.47. The van der Waals surface area contributed by atoms with Crippen molar-refractivity contribution < 1.29 is 14.4 Å². The van der Waals surface area contributed by atoms with Crippen molar-refractivity contribution in [3.8, 4) is 0 Å². The molecule has 0 radical (unpaired) electrons. The van der Waals surface area contributed by atoms with Crippen LogP contribution in [0.5, 0.6) is 0 Å². The van der Waals surface area contributed by atoms with Crippen molar-refractivity contribution in [1.82, 2.24) is 15.5 Å². The molecule has 174 valence electrons. The van der Waals surface area contributed by atoms with Crippen molar-refractivity contribution in [3.63, 3.8) is 0 Å². The highest BCUT2D eigenvalue weighted by molar-refractivity contribution is 5.95. The van der Waals surface area contributed by atoms with Crippen LogP contribution in [0.3, 0.4) is 0 Å². The molecule has 5 rings (SSSR count). The second kappa shape index (κ2) is 9.12. The molecule has 0 saturated heterocycles. The molecule has 4 fully saturated rings. The number of nitrogens with one attached hydrogen (secondary N) is 3. The third kappa shape index (κ3) is 5.08. The molecule has 7 nitrogen and oxygen atoms in total. The van der Waals surface area contributed by atoms with E-state index < -0.39 is 0 Å². The van der Waals surface area contributed by atoms with Crippen molar-refractivity contribution >= 4 is 23.5 Å². The molecule has 4 aliphatic rings. The molecule has 0 spiro atoms. The summed E-state index contributed by atoms with van der Waals surface area (Å²) in [4.78, 5) is 38.7. The summed E-state index contributed by atoms with van der Waals surface area (Å²) in [5.74, 6) is 1.91. The quantitative estimate of drug-likeness (QED) is 0.607. The van der Waals surface area contributed by atoms with Gasteiger partial charge in [-0.05, 0) is 81.3 Å². The fraction of sp³-hybridized carbons (Fsp3) is 0.640. The molecule has 0 heterocycles. The summed E-state index contributed by atoms with van der Waals surface area (Å²) >= 11 is 0. The van der Waals surface area contributed by atoms with E-state index in [9.17, 15) is 14.4 Å². The highest BCUT2D eigenvalue weighted by Gasteiger charge is 2.51. The fourth-order valence-corrected chi connectivity index (χ4v) is 6.52. The van der Waals surface area contributed by atoms with E-state index in [1.54, 1.807) is 7.05 Å². The lowest BCUT2D eigenvalue weighted by Crippen LogP contribution is -2.61. The fourth-order valence-electron chi connectivity index (χ4n) is 6.52. The van der Waals surface area contributed by atoms with Gasteiger partial charge in [0.2, 0.25) is 11.8 Å². The zero-order chi connectivity index (χ0) is 22.9. The Morgan fingerprint density at radius 3 is 2.12 bits per heavy atom. The van der Waals surface area contributed by atoms with Gasteiger partial charge in [-0.25, -0.2) is 4.79 Å². The molecule has 4 aliphatic carbocycles. The maximum absolute atomic E-state index is 12.5. The Bertz CT molecular complexity index is 842. The summed E-state index contributed by atoms with van der Waals surface area (Å²) < 4.78 is 0. The zero-order valence-corrected chi connectivity index (χ0v) is 19.5. The molecular formula is C25H36N4O3. The summed E-state index contributed by atoms with van der Waals surface area (Å²) in [6.45, 7) is 4.13. The number of nitrogens with zero attached hydrogens (tertiary/aromatic N) is 1. The van der Waals surface area contributed by atoms with E-state index in [4.69, 9.17) is 0 Å². The Balaban J connectivity index is 1.18. The molecule has 1 aromatic carbocycles. The van der Waals surface area contributed by atoms with Crippen molar-refractivity contribution in [2.75, 3.05) is 25.5 Å². The summed E-state index contributed by atoms with van der Waals surface area (Å²) in [6, 6.07) is 5.66. The first-order chi connectivity index (χ1) is 15.2. The van der Waals surface area contributed by atoms with Gasteiger partial charge >= 0.3 is 6.03 Å². The minimum atomic E-state index is -0.231. The number of urea groups is 1. The monoisotopic (exact) mass is 440 g/mol. The van der Waals surface area contributed by atoms with Crippen LogP contribution in [0.4, 0.5) is 10.5 Å². The second-order valence-electron chi connectivity index (χ2n) is 10.4. The van der Waals surface area contributed by atoms with Crippen LogP contribution < -0.4 is 16.0 Å². The Kier molecular flexibility index (Phi) is 6.45. The topological polar surface area (TPSA) is 90.5 Å². The number of hydrogen-bond acceptors (Lipinski definition) is 3. The van der Waals surface area contributed by atoms with Crippen molar-refractivity contribution in [1.29, 1.82) is 0 Å². The number of anilines is 1. The van der Waals surface area contributed by atoms with Gasteiger partial charge in [0.25, 0.3) is 0 Å². The maximum Gasteiger partial charge on any atom is 0.315 e. The van der Waals surface area contributed by atoms with Gasteiger partial charge in [0.1, 0.15) is 0 Å². The Morgan fingerprint density at radius 2 is 1.56 bits per heavy atom. The van der Waals surface area contributed by atoms with Gasteiger partial charge in [-0.3, -0.25) is 9.59 Å². The van der Waals surface area contributed by atoms with Crippen LogP contribution in [0.25, 0.3) is 0 Å². The molecule has 32 heavy (non-hydrogen) atoms. The third-order valence-corrected chi connectivity index (χ3v) is 7.59. The molecule has 4 amide bonds. The number of hydrogen-bond donors (Lipinski definition) is 3. The first kappa shape index (κ1) is 22.6. The number of benzene rings is 1. The Morgan fingerprint density at radius 1 is 1.00 bits per heavy atom. The summed E-state index contributed by atoms with van der Waals surface area (Å²) in [7, 11) is 1.61. The number of likely N-dealkylation sites (N-methyl/N-ethyl adjacent to an activating group) is 1. The van der Waals surface area contributed by atoms with Gasteiger partial charge in [0.15, 0.2) is 0 Å². The van der Waals surface area contributed by atoms with E-state index in [2.05, 4.69) is 16.0 Å². The second-order valence-corrected chi connectivity index (χ2v) is 10.4. The van der Waals surface area contributed by atoms with Gasteiger partial charge in [-0.1, -0.05) is 18.2 Å². The van der Waals surface area contributed by atoms with Gasteiger partial charge in [0, 0.05) is 31.2 Å². The standard InChI is InChI=1S/C25H36N4O3/c1-16-5-4-6-17(2)23(16)27-21(30)15-29(3)22(31)7-8-26-24(32)28-25-12-18-9-19(13-25)11-20(10-18)14-25/h4-6,18-20H,7-15H2,1-3H3,(H,27,30)(H2,26,28,32). The van der Waals surface area contributed by atoms with Gasteiger partial charge < -0.3 is 20.9 Å². The van der Waals surface area contributed by atoms with E-state index in [1.165, 1.54) is 24.2 Å². The lowest BCUT2D eigenvalue weighted by Gasteiger charge is -2.56. The minimum Gasteiger partial charge on any atom is -0.338 e. The average molecular weight is 441 g/mol. The lowest BCUT2D eigenvalue weighted by molar-refractivity contribution is -0.133. The van der Waals surface area contributed by atoms with Crippen LogP contribution in [0.15, 0.2) is 18.2 Å². The molecule has 0 atom stereocenters. The molecule has 4 saturated carbocycles. The molecule has 7 heteroatoms. The van der Waals surface area contributed by atoms with Crippen LogP contribution >= 0.6 is 0 Å². The first-order valence-electron chi connectivity index (χ1n) is 11.9. The van der Waals surface area contributed by atoms with Gasteiger partial charge in [0.05, 0.1) is 6.54 Å². The van der Waals surface area contributed by atoms with Gasteiger partial charge in [-0.2, -0.15) is 0 Å². The molecular weight excluding hydrogens is 404 g/mol. The van der Waals surface area contributed by atoms with Crippen LogP contribution in [0.2, 0.25) is 0 Å². The zero-order valence-electron chi connectivity index (χ0n) is 19.5. The molecule has 0 unspecified atom stereocenters. The number of rotatable bonds is 7. The van der Waals surface area contributed by atoms with Gasteiger partial charge in [-0.15, -0.1) is 0 Å². The third-order valence-electron chi connectivity index (χ3n) is 7.59. The van der Waals surface area contributed by atoms with Crippen molar-refractivity contribution in [2.24, 2.45) is 17.8 Å². The highest BCUT2D eigenvalue weighted by atomic mass is 16.2. The average Bonchev–Trinajstić information content (AvgIpc) is 2.69. The highest BCUT2D eigenvalue weighted by Crippen LogP contribution is 2.55. The molecule has 3 N–H and O–H groups in total. The van der Waals surface area contributed by atoms with E-state index >= 15 is 0 Å². The van der Waals surface area contributed by atoms with Crippen LogP contribution in [-0.4, -0.2) is 48.4 Å². The predicted octanol–water partition coefficient (Wildman–Crippen LogP) is 3.36. The van der Waals surface area contributed by atoms with Crippen LogP contribution in [-0.2, 0) is 9.59 Å². The Labute approximate surface area is 190 Å². The molecule has 1 aromatic rings. The van der Waals surface area contributed by atoms with E-state index in [1.807, 2.05) is 32.0 Å². The van der Waals surface area contributed by atoms with E-state index in [-0.39, 0.29) is 42.9 Å². The van der Waals surface area contributed by atoms with E-state index in [0.717, 1.165) is 53.8 Å². The predicted molar refractivity (Wildman–Crippen MR) is 124 cm³/mol. The number of aryl methyl sites for hydroxylation is 2. The van der Waals surface area contributed by atoms with Crippen LogP contribution in [0, 0.1) is 31.6 Å². The number of carbonyl (C=O) groups excluding carboxylic acids is 3. The molecule has 4 bridgehead atoms. The maximum atomic E-state index is 12.5. The SMILES string of the molecule is Cc1cccc(C)c1NC(=O)CN(C)C(=O)CCNC(=O)NC12CC3CC(CC(C3)C1)C2. The van der Waals surface area contributed by atoms with Crippen molar-refractivity contribution in [3.05, 3.63) is 29.3 Å². The largest absolute Gasteiger partial charge is 0.338 e. The molecule has 0 aliphatic heterocycles. The number of carbonyl (C=O) groups is 3. The number of amides is 4. The van der Waals surface area contributed by atoms with Crippen LogP contribution in [0.1, 0.15) is 56.1 Å². The minimum absolute atomic E-state index is 0.0217. The first-order valence-corrected chi connectivity index (χ1v) is 11.9.